The molecule has 16 heavy (non-hydrogen) atoms. The molecule has 1 heterocycles. The molecular formula is C10H11N3O2S. The Bertz CT molecular complexity index is 535. The lowest BCUT2D eigenvalue weighted by Gasteiger charge is -2.07. The molecule has 2 rings (SSSR count). The summed E-state index contributed by atoms with van der Waals surface area (Å²) in [6.07, 6.45) is 3.04. The maximum Gasteiger partial charge on any atom is 0.251 e. The number of rotatable bonds is 4. The first-order chi connectivity index (χ1) is 7.66. The number of hydrogen-bond acceptors (Lipinski definition) is 3. The summed E-state index contributed by atoms with van der Waals surface area (Å²) in [4.78, 5) is 3.49. The smallest absolute Gasteiger partial charge is 0.205 e. The van der Waals surface area contributed by atoms with Gasteiger partial charge in [-0.25, -0.2) is 13.2 Å². The van der Waals surface area contributed by atoms with Crippen LogP contribution in [0.2, 0.25) is 0 Å². The van der Waals surface area contributed by atoms with Crippen molar-refractivity contribution >= 4 is 10.0 Å². The fourth-order valence-electron chi connectivity index (χ4n) is 1.29. The fourth-order valence-corrected chi connectivity index (χ4v) is 2.38. The summed E-state index contributed by atoms with van der Waals surface area (Å²) in [5, 5.41) is 3.77. The molecule has 0 aliphatic carbocycles. The van der Waals surface area contributed by atoms with E-state index >= 15 is 0 Å². The molecule has 2 aromatic rings. The molecule has 0 aliphatic heterocycles. The Hall–Kier alpha value is -1.82. The molecule has 1 aromatic heterocycles. The normalized spacial score (nSPS) is 11.2. The maximum absolute atomic E-state index is 11.7. The van der Waals surface area contributed by atoms with Gasteiger partial charge in [0.1, 0.15) is 0 Å². The number of nitrogens with one attached hydrogen (secondary N) is 1. The Labute approximate surface area is 93.7 Å². The molecule has 1 aromatic carbocycles. The van der Waals surface area contributed by atoms with Crippen LogP contribution in [-0.4, -0.2) is 18.3 Å². The van der Waals surface area contributed by atoms with E-state index in [9.17, 15) is 8.42 Å². The second-order valence-corrected chi connectivity index (χ2v) is 4.99. The highest BCUT2D eigenvalue weighted by atomic mass is 32.2. The van der Waals surface area contributed by atoms with Gasteiger partial charge in [-0.15, -0.1) is 0 Å². The van der Waals surface area contributed by atoms with E-state index in [0.717, 1.165) is 10.4 Å². The van der Waals surface area contributed by atoms with Crippen LogP contribution in [0, 0.1) is 0 Å². The number of hydrogen-bond donors (Lipinski definition) is 1. The third-order valence-electron chi connectivity index (χ3n) is 1.94. The highest BCUT2D eigenvalue weighted by molar-refractivity contribution is 7.91. The van der Waals surface area contributed by atoms with E-state index in [0.29, 0.717) is 0 Å². The molecule has 0 saturated heterocycles. The highest BCUT2D eigenvalue weighted by Gasteiger charge is 2.11. The van der Waals surface area contributed by atoms with Gasteiger partial charge < -0.3 is 0 Å². The van der Waals surface area contributed by atoms with Crippen LogP contribution in [0.4, 0.5) is 0 Å². The van der Waals surface area contributed by atoms with Crippen LogP contribution in [-0.2, 0) is 15.8 Å². The van der Waals surface area contributed by atoms with Crippen molar-refractivity contribution in [2.75, 3.05) is 4.83 Å². The van der Waals surface area contributed by atoms with Crippen molar-refractivity contribution in [3.63, 3.8) is 0 Å². The molecule has 0 radical (unpaired) electrons. The molecule has 5 nitrogen and oxygen atoms in total. The second-order valence-electron chi connectivity index (χ2n) is 3.29. The fraction of sp³-hybridized carbons (Fsp3) is 0.100. The van der Waals surface area contributed by atoms with Gasteiger partial charge >= 0.3 is 0 Å². The Morgan fingerprint density at radius 2 is 1.94 bits per heavy atom. The van der Waals surface area contributed by atoms with Crippen molar-refractivity contribution in [1.82, 2.24) is 9.89 Å². The summed E-state index contributed by atoms with van der Waals surface area (Å²) >= 11 is 0. The molecule has 6 heteroatoms. The SMILES string of the molecule is O=S(=O)(Cc1ccccc1)Nn1cccn1. The summed E-state index contributed by atoms with van der Waals surface area (Å²) in [6.45, 7) is 0. The van der Waals surface area contributed by atoms with Gasteiger partial charge in [-0.1, -0.05) is 30.3 Å². The van der Waals surface area contributed by atoms with Crippen LogP contribution in [0.25, 0.3) is 0 Å². The van der Waals surface area contributed by atoms with Gasteiger partial charge in [-0.05, 0) is 11.6 Å². The van der Waals surface area contributed by atoms with E-state index in [2.05, 4.69) is 9.93 Å². The van der Waals surface area contributed by atoms with Crippen molar-refractivity contribution < 1.29 is 8.42 Å². The lowest BCUT2D eigenvalue weighted by molar-refractivity contribution is 0.591. The zero-order valence-electron chi connectivity index (χ0n) is 8.45. The van der Waals surface area contributed by atoms with E-state index in [4.69, 9.17) is 0 Å². The standard InChI is InChI=1S/C10H11N3O2S/c14-16(15,12-13-8-4-7-11-13)9-10-5-2-1-3-6-10/h1-8,12H,9H2. The molecule has 0 aliphatic rings. The van der Waals surface area contributed by atoms with Crippen molar-refractivity contribution in [2.24, 2.45) is 0 Å². The minimum absolute atomic E-state index is 0.0618. The third kappa shape index (κ3) is 2.83. The summed E-state index contributed by atoms with van der Waals surface area (Å²) in [7, 11) is -3.41. The maximum atomic E-state index is 11.7. The molecular weight excluding hydrogens is 226 g/mol. The first-order valence-corrected chi connectivity index (χ1v) is 6.35. The Morgan fingerprint density at radius 3 is 2.56 bits per heavy atom. The first kappa shape index (κ1) is 10.7. The van der Waals surface area contributed by atoms with Crippen molar-refractivity contribution in [3.05, 3.63) is 54.4 Å². The monoisotopic (exact) mass is 237 g/mol. The zero-order valence-corrected chi connectivity index (χ0v) is 9.26. The van der Waals surface area contributed by atoms with E-state index in [-0.39, 0.29) is 5.75 Å². The van der Waals surface area contributed by atoms with E-state index in [1.165, 1.54) is 12.4 Å². The Kier molecular flexibility index (Phi) is 2.91. The minimum Gasteiger partial charge on any atom is -0.205 e. The summed E-state index contributed by atoms with van der Waals surface area (Å²) in [5.41, 5.74) is 0.738. The predicted octanol–water partition coefficient (Wildman–Crippen LogP) is 0.957. The van der Waals surface area contributed by atoms with E-state index in [1.807, 2.05) is 6.07 Å². The molecule has 1 N–H and O–H groups in total. The van der Waals surface area contributed by atoms with Gasteiger partial charge in [-0.3, -0.25) is 0 Å². The van der Waals surface area contributed by atoms with E-state index < -0.39 is 10.0 Å². The summed E-state index contributed by atoms with van der Waals surface area (Å²) < 4.78 is 23.4. The van der Waals surface area contributed by atoms with Crippen LogP contribution >= 0.6 is 0 Å². The molecule has 0 fully saturated rings. The van der Waals surface area contributed by atoms with Crippen molar-refractivity contribution in [2.45, 2.75) is 5.75 Å². The molecule has 0 bridgehead atoms. The average Bonchev–Trinajstić information content (AvgIpc) is 2.70. The highest BCUT2D eigenvalue weighted by Crippen LogP contribution is 2.04. The van der Waals surface area contributed by atoms with Crippen LogP contribution < -0.4 is 4.83 Å². The van der Waals surface area contributed by atoms with Gasteiger partial charge in [-0.2, -0.15) is 9.89 Å². The number of sulfonamides is 1. The largest absolute Gasteiger partial charge is 0.251 e. The van der Waals surface area contributed by atoms with Crippen LogP contribution in [0.5, 0.6) is 0 Å². The Morgan fingerprint density at radius 1 is 1.19 bits per heavy atom. The summed E-state index contributed by atoms with van der Waals surface area (Å²) in [5.74, 6) is -0.0618. The van der Waals surface area contributed by atoms with Gasteiger partial charge in [0, 0.05) is 6.20 Å². The molecule has 0 amide bonds. The van der Waals surface area contributed by atoms with Crippen LogP contribution in [0.15, 0.2) is 48.8 Å². The number of aromatic nitrogens is 2. The molecule has 0 saturated carbocycles. The van der Waals surface area contributed by atoms with Crippen molar-refractivity contribution in [3.8, 4) is 0 Å². The van der Waals surface area contributed by atoms with Crippen LogP contribution in [0.3, 0.4) is 0 Å². The Balaban J connectivity index is 2.09. The third-order valence-corrected chi connectivity index (χ3v) is 3.12. The van der Waals surface area contributed by atoms with Gasteiger partial charge in [0.05, 0.1) is 11.9 Å². The van der Waals surface area contributed by atoms with Crippen molar-refractivity contribution in [1.29, 1.82) is 0 Å². The lowest BCUT2D eigenvalue weighted by atomic mass is 10.2. The number of benzene rings is 1. The second kappa shape index (κ2) is 4.36. The van der Waals surface area contributed by atoms with E-state index in [1.54, 1.807) is 30.3 Å². The van der Waals surface area contributed by atoms with Gasteiger partial charge in [0.2, 0.25) is 0 Å². The summed E-state index contributed by atoms with van der Waals surface area (Å²) in [6, 6.07) is 10.6. The molecule has 0 atom stereocenters. The lowest BCUT2D eigenvalue weighted by Crippen LogP contribution is -2.24. The zero-order chi connectivity index (χ0) is 11.4. The number of nitrogens with zero attached hydrogens (tertiary/aromatic N) is 2. The predicted molar refractivity (Wildman–Crippen MR) is 60.7 cm³/mol. The minimum atomic E-state index is -3.41. The molecule has 84 valence electrons. The van der Waals surface area contributed by atoms with Crippen LogP contribution in [0.1, 0.15) is 5.56 Å². The quantitative estimate of drug-likeness (QED) is 0.861. The van der Waals surface area contributed by atoms with Gasteiger partial charge in [0.15, 0.2) is 0 Å². The molecule has 0 unspecified atom stereocenters. The average molecular weight is 237 g/mol. The topological polar surface area (TPSA) is 64.0 Å². The first-order valence-electron chi connectivity index (χ1n) is 4.70. The van der Waals surface area contributed by atoms with Gasteiger partial charge in [0.25, 0.3) is 10.0 Å². The molecule has 0 spiro atoms.